The minimum atomic E-state index is -1.38. The van der Waals surface area contributed by atoms with Crippen molar-refractivity contribution in [3.63, 3.8) is 0 Å². The minimum Gasteiger partial charge on any atom is -0.481 e. The van der Waals surface area contributed by atoms with E-state index in [9.17, 15) is 14.3 Å². The summed E-state index contributed by atoms with van der Waals surface area (Å²) in [5.74, 6) is -1.42. The molecule has 5 nitrogen and oxygen atoms in total. The SMILES string of the molecule is CC(C)NCc1cc2c(cc1F)C[C@H](CCCB(O)O)[C@]2(C)C(=O)O. The fraction of sp³-hybridized carbons (Fsp3) is 0.611. The molecule has 1 aromatic carbocycles. The van der Waals surface area contributed by atoms with Crippen molar-refractivity contribution in [3.8, 4) is 0 Å². The summed E-state index contributed by atoms with van der Waals surface area (Å²) < 4.78 is 14.4. The Balaban J connectivity index is 2.30. The summed E-state index contributed by atoms with van der Waals surface area (Å²) in [5.41, 5.74) is 0.809. The van der Waals surface area contributed by atoms with Crippen LogP contribution in [0.4, 0.5) is 4.39 Å². The van der Waals surface area contributed by atoms with Gasteiger partial charge < -0.3 is 20.5 Å². The fourth-order valence-corrected chi connectivity index (χ4v) is 3.68. The second kappa shape index (κ2) is 7.85. The first kappa shape index (κ1) is 19.9. The van der Waals surface area contributed by atoms with Gasteiger partial charge in [0.15, 0.2) is 0 Å². The number of halogens is 1. The summed E-state index contributed by atoms with van der Waals surface area (Å²) in [5, 5.41) is 31.0. The molecule has 0 saturated heterocycles. The van der Waals surface area contributed by atoms with E-state index in [1.807, 2.05) is 13.8 Å². The van der Waals surface area contributed by atoms with Gasteiger partial charge in [0.1, 0.15) is 5.82 Å². The van der Waals surface area contributed by atoms with Gasteiger partial charge in [0, 0.05) is 18.2 Å². The second-order valence-electron chi connectivity index (χ2n) is 7.46. The van der Waals surface area contributed by atoms with Gasteiger partial charge in [-0.3, -0.25) is 4.79 Å². The number of hydrogen-bond acceptors (Lipinski definition) is 4. The van der Waals surface area contributed by atoms with Crippen LogP contribution in [-0.2, 0) is 23.2 Å². The van der Waals surface area contributed by atoms with Crippen molar-refractivity contribution in [1.82, 2.24) is 5.32 Å². The van der Waals surface area contributed by atoms with Crippen LogP contribution < -0.4 is 5.32 Å². The summed E-state index contributed by atoms with van der Waals surface area (Å²) in [4.78, 5) is 12.0. The zero-order valence-corrected chi connectivity index (χ0v) is 15.1. The highest BCUT2D eigenvalue weighted by molar-refractivity contribution is 6.40. The van der Waals surface area contributed by atoms with E-state index in [0.29, 0.717) is 36.9 Å². The van der Waals surface area contributed by atoms with Crippen molar-refractivity contribution in [2.24, 2.45) is 5.92 Å². The second-order valence-corrected chi connectivity index (χ2v) is 7.46. The third-order valence-electron chi connectivity index (χ3n) is 5.27. The molecule has 4 N–H and O–H groups in total. The molecule has 0 spiro atoms. The molecule has 0 aromatic heterocycles. The molecule has 0 fully saturated rings. The molecular weight excluding hydrogens is 324 g/mol. The van der Waals surface area contributed by atoms with Gasteiger partial charge >= 0.3 is 13.1 Å². The first-order valence-corrected chi connectivity index (χ1v) is 8.81. The first-order chi connectivity index (χ1) is 11.7. The molecule has 0 unspecified atom stereocenters. The van der Waals surface area contributed by atoms with Crippen LogP contribution in [0.25, 0.3) is 0 Å². The molecule has 0 heterocycles. The summed E-state index contributed by atoms with van der Waals surface area (Å²) >= 11 is 0. The van der Waals surface area contributed by atoms with E-state index in [4.69, 9.17) is 10.0 Å². The fourth-order valence-electron chi connectivity index (χ4n) is 3.68. The lowest BCUT2D eigenvalue weighted by Crippen LogP contribution is -2.37. The maximum Gasteiger partial charge on any atom is 0.451 e. The lowest BCUT2D eigenvalue weighted by atomic mass is 9.72. The van der Waals surface area contributed by atoms with Crippen LogP contribution in [-0.4, -0.2) is 34.3 Å². The van der Waals surface area contributed by atoms with Gasteiger partial charge in [-0.25, -0.2) is 4.39 Å². The van der Waals surface area contributed by atoms with Crippen molar-refractivity contribution in [2.75, 3.05) is 0 Å². The third-order valence-corrected chi connectivity index (χ3v) is 5.27. The number of carboxylic acid groups (broad SMARTS) is 1. The van der Waals surface area contributed by atoms with Gasteiger partial charge in [0.2, 0.25) is 0 Å². The van der Waals surface area contributed by atoms with Crippen LogP contribution in [0.3, 0.4) is 0 Å². The van der Waals surface area contributed by atoms with E-state index in [2.05, 4.69) is 5.32 Å². The molecule has 138 valence electrons. The Bertz CT molecular complexity index is 638. The van der Waals surface area contributed by atoms with Gasteiger partial charge in [0.25, 0.3) is 0 Å². The van der Waals surface area contributed by atoms with Crippen LogP contribution in [0.1, 0.15) is 50.3 Å². The van der Waals surface area contributed by atoms with Gasteiger partial charge in [-0.1, -0.05) is 26.3 Å². The zero-order chi connectivity index (χ0) is 18.8. The minimum absolute atomic E-state index is 0.188. The smallest absolute Gasteiger partial charge is 0.451 e. The average molecular weight is 351 g/mol. The molecule has 0 saturated carbocycles. The monoisotopic (exact) mass is 351 g/mol. The van der Waals surface area contributed by atoms with Crippen LogP contribution >= 0.6 is 0 Å². The van der Waals surface area contributed by atoms with Gasteiger partial charge in [-0.15, -0.1) is 0 Å². The zero-order valence-electron chi connectivity index (χ0n) is 15.1. The molecular formula is C18H27BFNO4. The molecule has 0 radical (unpaired) electrons. The summed E-state index contributed by atoms with van der Waals surface area (Å²) in [6, 6.07) is 3.36. The van der Waals surface area contributed by atoms with E-state index in [-0.39, 0.29) is 24.1 Å². The lowest BCUT2D eigenvalue weighted by Gasteiger charge is -2.28. The molecule has 0 bridgehead atoms. The van der Waals surface area contributed by atoms with Crippen molar-refractivity contribution in [3.05, 3.63) is 34.6 Å². The van der Waals surface area contributed by atoms with E-state index in [0.717, 1.165) is 5.56 Å². The molecule has 1 aliphatic rings. The van der Waals surface area contributed by atoms with Crippen molar-refractivity contribution >= 4 is 13.1 Å². The molecule has 7 heteroatoms. The Hall–Kier alpha value is -1.44. The number of benzene rings is 1. The first-order valence-electron chi connectivity index (χ1n) is 8.81. The Kier molecular flexibility index (Phi) is 6.24. The molecule has 25 heavy (non-hydrogen) atoms. The van der Waals surface area contributed by atoms with Gasteiger partial charge in [-0.2, -0.15) is 0 Å². The Morgan fingerprint density at radius 2 is 2.12 bits per heavy atom. The standard InChI is InChI=1S/C18H27BFNO4/c1-11(2)21-10-13-8-15-12(9-16(13)20)7-14(5-4-6-19(24)25)18(15,3)17(22)23/h8-9,11,14,21,24-25H,4-7,10H2,1-3H3,(H,22,23)/t14-,18-/m0/s1. The van der Waals surface area contributed by atoms with E-state index >= 15 is 0 Å². The number of nitrogens with one attached hydrogen (secondary N) is 1. The van der Waals surface area contributed by atoms with Crippen molar-refractivity contribution in [2.45, 2.75) is 64.4 Å². The number of fused-ring (bicyclic) bond motifs is 1. The predicted molar refractivity (Wildman–Crippen MR) is 94.8 cm³/mol. The highest BCUT2D eigenvalue weighted by Crippen LogP contribution is 2.46. The van der Waals surface area contributed by atoms with E-state index in [1.165, 1.54) is 6.07 Å². The maximum atomic E-state index is 14.4. The molecule has 0 aliphatic heterocycles. The molecule has 2 atom stereocenters. The van der Waals surface area contributed by atoms with Crippen molar-refractivity contribution < 1.29 is 24.3 Å². The van der Waals surface area contributed by atoms with Crippen LogP contribution in [0.2, 0.25) is 6.32 Å². The van der Waals surface area contributed by atoms with Gasteiger partial charge in [-0.05, 0) is 49.2 Å². The number of hydrogen-bond donors (Lipinski definition) is 4. The van der Waals surface area contributed by atoms with Gasteiger partial charge in [0.05, 0.1) is 5.41 Å². The molecule has 2 rings (SSSR count). The Morgan fingerprint density at radius 1 is 1.44 bits per heavy atom. The highest BCUT2D eigenvalue weighted by atomic mass is 19.1. The largest absolute Gasteiger partial charge is 0.481 e. The van der Waals surface area contributed by atoms with Crippen molar-refractivity contribution in [1.29, 1.82) is 0 Å². The molecule has 1 aliphatic carbocycles. The molecule has 0 amide bonds. The Morgan fingerprint density at radius 3 is 2.68 bits per heavy atom. The summed E-state index contributed by atoms with van der Waals surface area (Å²) in [7, 11) is -1.38. The van der Waals surface area contributed by atoms with E-state index < -0.39 is 18.5 Å². The summed E-state index contributed by atoms with van der Waals surface area (Å²) in [6.45, 7) is 5.99. The number of carboxylic acids is 1. The number of rotatable bonds is 8. The summed E-state index contributed by atoms with van der Waals surface area (Å²) in [6.07, 6.45) is 1.77. The quantitative estimate of drug-likeness (QED) is 0.539. The Labute approximate surface area is 148 Å². The van der Waals surface area contributed by atoms with Crippen LogP contribution in [0.15, 0.2) is 12.1 Å². The normalized spacial score (nSPS) is 22.3. The number of aliphatic carboxylic acids is 1. The lowest BCUT2D eigenvalue weighted by molar-refractivity contribution is -0.145. The van der Waals surface area contributed by atoms with E-state index in [1.54, 1.807) is 13.0 Å². The predicted octanol–water partition coefficient (Wildman–Crippen LogP) is 2.09. The number of carbonyl (C=O) groups is 1. The maximum absolute atomic E-state index is 14.4. The highest BCUT2D eigenvalue weighted by Gasteiger charge is 2.49. The van der Waals surface area contributed by atoms with Crippen LogP contribution in [0, 0.1) is 11.7 Å². The van der Waals surface area contributed by atoms with Crippen LogP contribution in [0.5, 0.6) is 0 Å². The topological polar surface area (TPSA) is 89.8 Å². The third kappa shape index (κ3) is 4.22. The molecule has 1 aromatic rings. The average Bonchev–Trinajstić information content (AvgIpc) is 2.78.